The molecule has 7 nitrogen and oxygen atoms in total. The first-order chi connectivity index (χ1) is 10.4. The molecule has 1 rings (SSSR count). The van der Waals surface area contributed by atoms with Gasteiger partial charge < -0.3 is 15.7 Å². The van der Waals surface area contributed by atoms with E-state index in [4.69, 9.17) is 10.8 Å². The highest BCUT2D eigenvalue weighted by Crippen LogP contribution is 2.11. The van der Waals surface area contributed by atoms with Crippen LogP contribution in [0.1, 0.15) is 17.3 Å². The van der Waals surface area contributed by atoms with Gasteiger partial charge in [-0.3, -0.25) is 19.7 Å². The fraction of sp³-hybridized carbons (Fsp3) is 0.308. The molecule has 1 atom stereocenters. The number of nitrogens with zero attached hydrogens (tertiary/aromatic N) is 1. The van der Waals surface area contributed by atoms with Gasteiger partial charge in [0.05, 0.1) is 5.56 Å². The number of nitrogens with one attached hydrogen (secondary N) is 1. The molecule has 4 N–H and O–H groups in total. The van der Waals surface area contributed by atoms with Gasteiger partial charge in [-0.15, -0.1) is 0 Å². The van der Waals surface area contributed by atoms with E-state index >= 15 is 0 Å². The third-order valence-corrected chi connectivity index (χ3v) is 3.11. The zero-order chi connectivity index (χ0) is 16.7. The lowest BCUT2D eigenvalue weighted by atomic mass is 9.88. The second-order valence-corrected chi connectivity index (χ2v) is 4.68. The molecule has 1 aromatic carbocycles. The van der Waals surface area contributed by atoms with Gasteiger partial charge in [0.15, 0.2) is 0 Å². The Hall–Kier alpha value is -2.26. The van der Waals surface area contributed by atoms with E-state index in [1.54, 1.807) is 6.92 Å². The molecule has 0 spiro atoms. The maximum atomic E-state index is 14.0. The van der Waals surface area contributed by atoms with Crippen LogP contribution in [0.15, 0.2) is 18.2 Å². The Balaban J connectivity index is 3.05. The molecule has 0 fully saturated rings. The van der Waals surface area contributed by atoms with Crippen molar-refractivity contribution >= 4 is 31.2 Å². The number of hydrogen-bond donors (Lipinski definition) is 3. The molecule has 9 heteroatoms. The van der Waals surface area contributed by atoms with Crippen LogP contribution in [0.2, 0.25) is 0 Å². The van der Waals surface area contributed by atoms with E-state index in [1.807, 2.05) is 5.32 Å². The van der Waals surface area contributed by atoms with Gasteiger partial charge in [0.1, 0.15) is 12.4 Å². The molecular formula is C13H17BFN3O4. The lowest BCUT2D eigenvalue weighted by molar-refractivity contribution is -0.126. The van der Waals surface area contributed by atoms with Gasteiger partial charge in [-0.1, -0.05) is 11.5 Å². The Kier molecular flexibility index (Phi) is 6.67. The lowest BCUT2D eigenvalue weighted by Crippen LogP contribution is -2.48. The van der Waals surface area contributed by atoms with Gasteiger partial charge in [0.25, 0.3) is 5.91 Å². The van der Waals surface area contributed by atoms with Gasteiger partial charge in [0.2, 0.25) is 12.3 Å². The van der Waals surface area contributed by atoms with Crippen molar-refractivity contribution < 1.29 is 23.8 Å². The highest BCUT2D eigenvalue weighted by Gasteiger charge is 2.25. The van der Waals surface area contributed by atoms with Crippen LogP contribution in [0.3, 0.4) is 0 Å². The quantitative estimate of drug-likeness (QED) is 0.393. The maximum absolute atomic E-state index is 14.0. The smallest absolute Gasteiger partial charge is 0.304 e. The standard InChI is InChI=1S/C13H17BFN3O4/c1-8(5-16)18(6-12(20)17-7-19)13(21)10-3-2-9(14-22)4-11(10)15/h2-4,7-8,14,22H,5-6,16H2,1H3,(H,17,19,20). The Labute approximate surface area is 127 Å². The molecule has 0 heterocycles. The molecule has 0 aliphatic rings. The summed E-state index contributed by atoms with van der Waals surface area (Å²) in [6.45, 7) is 1.25. The average Bonchev–Trinajstić information content (AvgIpc) is 2.51. The summed E-state index contributed by atoms with van der Waals surface area (Å²) in [7, 11) is -0.351. The third-order valence-electron chi connectivity index (χ3n) is 3.11. The van der Waals surface area contributed by atoms with Crippen LogP contribution in [0.4, 0.5) is 4.39 Å². The van der Waals surface area contributed by atoms with E-state index in [-0.39, 0.29) is 26.0 Å². The number of nitrogens with two attached hydrogens (primary N) is 1. The SMILES string of the molecule is CC(CN)N(CC(=O)NC=O)C(=O)c1ccc(BO)cc1F. The molecule has 22 heavy (non-hydrogen) atoms. The molecule has 0 saturated carbocycles. The van der Waals surface area contributed by atoms with Crippen LogP contribution in [-0.4, -0.2) is 54.8 Å². The molecule has 0 bridgehead atoms. The van der Waals surface area contributed by atoms with Gasteiger partial charge in [-0.05, 0) is 19.1 Å². The molecule has 1 aromatic rings. The molecular weight excluding hydrogens is 292 g/mol. The number of hydrogen-bond acceptors (Lipinski definition) is 5. The summed E-state index contributed by atoms with van der Waals surface area (Å²) in [5, 5.41) is 10.9. The van der Waals surface area contributed by atoms with Crippen LogP contribution in [0, 0.1) is 5.82 Å². The molecule has 0 aromatic heterocycles. The van der Waals surface area contributed by atoms with E-state index in [0.29, 0.717) is 5.46 Å². The van der Waals surface area contributed by atoms with Crippen molar-refractivity contribution in [1.82, 2.24) is 10.2 Å². The summed E-state index contributed by atoms with van der Waals surface area (Å²) >= 11 is 0. The third kappa shape index (κ3) is 4.37. The van der Waals surface area contributed by atoms with Crippen molar-refractivity contribution in [2.45, 2.75) is 13.0 Å². The van der Waals surface area contributed by atoms with Crippen molar-refractivity contribution in [2.24, 2.45) is 5.73 Å². The van der Waals surface area contributed by atoms with Gasteiger partial charge >= 0.3 is 7.48 Å². The van der Waals surface area contributed by atoms with Crippen LogP contribution < -0.4 is 16.5 Å². The minimum atomic E-state index is -0.804. The van der Waals surface area contributed by atoms with Crippen LogP contribution in [0.25, 0.3) is 0 Å². The Morgan fingerprint density at radius 1 is 1.55 bits per heavy atom. The number of benzene rings is 1. The van der Waals surface area contributed by atoms with Gasteiger partial charge in [0, 0.05) is 12.6 Å². The van der Waals surface area contributed by atoms with E-state index in [0.717, 1.165) is 11.0 Å². The number of amides is 3. The zero-order valence-corrected chi connectivity index (χ0v) is 12.1. The molecule has 0 aliphatic carbocycles. The van der Waals surface area contributed by atoms with Gasteiger partial charge in [-0.2, -0.15) is 0 Å². The fourth-order valence-electron chi connectivity index (χ4n) is 1.81. The van der Waals surface area contributed by atoms with Gasteiger partial charge in [-0.25, -0.2) is 4.39 Å². The van der Waals surface area contributed by atoms with Crippen molar-refractivity contribution in [3.63, 3.8) is 0 Å². The Morgan fingerprint density at radius 3 is 2.73 bits per heavy atom. The zero-order valence-electron chi connectivity index (χ0n) is 12.1. The largest absolute Gasteiger partial charge is 0.449 e. The minimum absolute atomic E-state index is 0.0659. The molecule has 0 saturated heterocycles. The summed E-state index contributed by atoms with van der Waals surface area (Å²) in [5.41, 5.74) is 5.59. The van der Waals surface area contributed by atoms with Crippen molar-refractivity contribution in [1.29, 1.82) is 0 Å². The summed E-state index contributed by atoms with van der Waals surface area (Å²) in [6, 6.07) is 3.16. The summed E-state index contributed by atoms with van der Waals surface area (Å²) in [6.07, 6.45) is 0.203. The number of carbonyl (C=O) groups excluding carboxylic acids is 3. The first-order valence-corrected chi connectivity index (χ1v) is 6.57. The van der Waals surface area contributed by atoms with E-state index in [2.05, 4.69) is 0 Å². The molecule has 1 unspecified atom stereocenters. The van der Waals surface area contributed by atoms with Crippen LogP contribution >= 0.6 is 0 Å². The fourth-order valence-corrected chi connectivity index (χ4v) is 1.81. The molecule has 0 aliphatic heterocycles. The number of halogens is 1. The average molecular weight is 309 g/mol. The van der Waals surface area contributed by atoms with E-state index in [9.17, 15) is 18.8 Å². The summed E-state index contributed by atoms with van der Waals surface area (Å²) < 4.78 is 14.0. The summed E-state index contributed by atoms with van der Waals surface area (Å²) in [5.74, 6) is -2.22. The number of carbonyl (C=O) groups is 3. The van der Waals surface area contributed by atoms with Crippen molar-refractivity contribution in [3.05, 3.63) is 29.6 Å². The highest BCUT2D eigenvalue weighted by atomic mass is 19.1. The lowest BCUT2D eigenvalue weighted by Gasteiger charge is -2.27. The predicted molar refractivity (Wildman–Crippen MR) is 79.2 cm³/mol. The first-order valence-electron chi connectivity index (χ1n) is 6.57. The van der Waals surface area contributed by atoms with E-state index < -0.39 is 30.2 Å². The minimum Gasteiger partial charge on any atom is -0.449 e. The monoisotopic (exact) mass is 309 g/mol. The Morgan fingerprint density at radius 2 is 2.23 bits per heavy atom. The predicted octanol–water partition coefficient (Wildman–Crippen LogP) is -2.14. The van der Waals surface area contributed by atoms with Crippen LogP contribution in [0.5, 0.6) is 0 Å². The number of rotatable bonds is 7. The topological polar surface area (TPSA) is 113 Å². The second kappa shape index (κ2) is 8.25. The molecule has 118 valence electrons. The maximum Gasteiger partial charge on any atom is 0.304 e. The normalized spacial score (nSPS) is 11.5. The number of imide groups is 1. The van der Waals surface area contributed by atoms with Crippen LogP contribution in [-0.2, 0) is 9.59 Å². The highest BCUT2D eigenvalue weighted by molar-refractivity contribution is 6.45. The molecule has 3 amide bonds. The Bertz CT molecular complexity index is 570. The summed E-state index contributed by atoms with van der Waals surface area (Å²) in [4.78, 5) is 35.2. The van der Waals surface area contributed by atoms with Crippen molar-refractivity contribution in [3.8, 4) is 0 Å². The first kappa shape index (κ1) is 17.8. The second-order valence-electron chi connectivity index (χ2n) is 4.68. The van der Waals surface area contributed by atoms with E-state index in [1.165, 1.54) is 12.1 Å². The van der Waals surface area contributed by atoms with Crippen molar-refractivity contribution in [2.75, 3.05) is 13.1 Å². The molecule has 0 radical (unpaired) electrons.